The minimum atomic E-state index is -0.268. The number of nitrogens with zero attached hydrogens (tertiary/aromatic N) is 2. The van der Waals surface area contributed by atoms with E-state index in [0.29, 0.717) is 29.6 Å². The molecular weight excluding hydrogens is 490 g/mol. The van der Waals surface area contributed by atoms with Crippen molar-refractivity contribution >= 4 is 34.7 Å². The van der Waals surface area contributed by atoms with Gasteiger partial charge in [-0.3, -0.25) is 0 Å². The molecule has 0 spiro atoms. The summed E-state index contributed by atoms with van der Waals surface area (Å²) in [5.74, 6) is 0.670. The molecule has 1 aliphatic heterocycles. The van der Waals surface area contributed by atoms with Gasteiger partial charge in [0, 0.05) is 21.7 Å². The van der Waals surface area contributed by atoms with E-state index >= 15 is 0 Å². The van der Waals surface area contributed by atoms with Crippen LogP contribution in [0.5, 0.6) is 5.75 Å². The van der Waals surface area contributed by atoms with Crippen molar-refractivity contribution < 1.29 is 9.53 Å². The zero-order chi connectivity index (χ0) is 24.6. The molecule has 5 nitrogen and oxygen atoms in total. The topological polar surface area (TPSA) is 46.5 Å². The molecule has 1 N–H and O–H groups in total. The molecule has 0 fully saturated rings. The maximum atomic E-state index is 14.1. The molecule has 2 aliphatic rings. The Labute approximate surface area is 220 Å². The highest BCUT2D eigenvalue weighted by Crippen LogP contribution is 2.44. The van der Waals surface area contributed by atoms with E-state index < -0.39 is 0 Å². The minimum absolute atomic E-state index is 0.154. The van der Waals surface area contributed by atoms with E-state index in [4.69, 9.17) is 16.3 Å². The Balaban J connectivity index is 1.48. The minimum Gasteiger partial charge on any atom is -0.492 e. The number of ether oxygens (including phenoxy) is 1. The molecule has 3 heterocycles. The first-order valence-electron chi connectivity index (χ1n) is 12.5. The third-order valence-electron chi connectivity index (χ3n) is 7.05. The highest BCUT2D eigenvalue weighted by Gasteiger charge is 2.36. The second kappa shape index (κ2) is 9.68. The van der Waals surface area contributed by atoms with Gasteiger partial charge in [0.05, 0.1) is 30.6 Å². The van der Waals surface area contributed by atoms with Gasteiger partial charge in [0.15, 0.2) is 0 Å². The highest BCUT2D eigenvalue weighted by atomic mass is 35.5. The zero-order valence-electron chi connectivity index (χ0n) is 20.2. The average molecular weight is 518 g/mol. The first kappa shape index (κ1) is 23.2. The third-order valence-corrected chi connectivity index (χ3v) is 8.64. The van der Waals surface area contributed by atoms with Gasteiger partial charge in [-0.2, -0.15) is 0 Å². The van der Waals surface area contributed by atoms with Crippen molar-refractivity contribution in [3.63, 3.8) is 0 Å². The molecule has 7 heteroatoms. The van der Waals surface area contributed by atoms with E-state index in [1.807, 2.05) is 71.7 Å². The molecule has 0 bridgehead atoms. The number of benzene rings is 2. The summed E-state index contributed by atoms with van der Waals surface area (Å²) >= 11 is 8.13. The van der Waals surface area contributed by atoms with Gasteiger partial charge >= 0.3 is 6.03 Å². The molecule has 1 unspecified atom stereocenters. The lowest BCUT2D eigenvalue weighted by molar-refractivity contribution is 0.194. The van der Waals surface area contributed by atoms with E-state index in [0.717, 1.165) is 24.1 Å². The van der Waals surface area contributed by atoms with Gasteiger partial charge < -0.3 is 19.5 Å². The summed E-state index contributed by atoms with van der Waals surface area (Å²) < 4.78 is 8.08. The molecule has 0 saturated heterocycles. The summed E-state index contributed by atoms with van der Waals surface area (Å²) in [6.45, 7) is 3.01. The van der Waals surface area contributed by atoms with E-state index in [2.05, 4.69) is 28.2 Å². The van der Waals surface area contributed by atoms with Gasteiger partial charge in [0.25, 0.3) is 0 Å². The number of halogens is 1. The molecule has 1 aliphatic carbocycles. The zero-order valence-corrected chi connectivity index (χ0v) is 21.7. The number of para-hydroxylation sites is 2. The van der Waals surface area contributed by atoms with Gasteiger partial charge in [-0.1, -0.05) is 35.9 Å². The van der Waals surface area contributed by atoms with Crippen LogP contribution >= 0.6 is 22.9 Å². The third kappa shape index (κ3) is 4.08. The normalized spacial score (nSPS) is 16.5. The van der Waals surface area contributed by atoms with Crippen LogP contribution in [0.1, 0.15) is 53.1 Å². The fraction of sp³-hybridized carbons (Fsp3) is 0.276. The molecule has 1 atom stereocenters. The average Bonchev–Trinajstić information content (AvgIpc) is 3.48. The van der Waals surface area contributed by atoms with E-state index in [9.17, 15) is 4.79 Å². The van der Waals surface area contributed by atoms with Crippen LogP contribution in [0, 0.1) is 0 Å². The maximum Gasteiger partial charge on any atom is 0.323 e. The van der Waals surface area contributed by atoms with Gasteiger partial charge in [-0.05, 0) is 80.1 Å². The summed E-state index contributed by atoms with van der Waals surface area (Å²) in [4.78, 5) is 17.5. The van der Waals surface area contributed by atoms with Crippen molar-refractivity contribution in [1.29, 1.82) is 0 Å². The number of nitrogens with one attached hydrogen (secondary N) is 1. The van der Waals surface area contributed by atoms with Crippen LogP contribution < -0.4 is 10.1 Å². The SMILES string of the molecule is CCOc1ccccc1NC(=O)N1Cc2c(sc3c2CCCC3)-n2cccc2C1c1ccc(Cl)cc1. The highest BCUT2D eigenvalue weighted by molar-refractivity contribution is 7.15. The van der Waals surface area contributed by atoms with Crippen LogP contribution in [0.2, 0.25) is 5.02 Å². The van der Waals surface area contributed by atoms with Crippen LogP contribution in [0.4, 0.5) is 10.5 Å². The monoisotopic (exact) mass is 517 g/mol. The molecule has 2 aromatic carbocycles. The molecule has 0 radical (unpaired) electrons. The number of aryl methyl sites for hydroxylation is 1. The Morgan fingerprint density at radius 3 is 2.69 bits per heavy atom. The van der Waals surface area contributed by atoms with Crippen molar-refractivity contribution in [1.82, 2.24) is 9.47 Å². The second-order valence-corrected chi connectivity index (χ2v) is 10.8. The molecule has 2 aromatic heterocycles. The fourth-order valence-electron chi connectivity index (χ4n) is 5.42. The smallest absolute Gasteiger partial charge is 0.323 e. The van der Waals surface area contributed by atoms with Crippen molar-refractivity contribution in [2.24, 2.45) is 0 Å². The molecule has 6 rings (SSSR count). The van der Waals surface area contributed by atoms with Crippen LogP contribution in [0.25, 0.3) is 5.00 Å². The Morgan fingerprint density at radius 1 is 1.06 bits per heavy atom. The predicted octanol–water partition coefficient (Wildman–Crippen LogP) is 7.61. The lowest BCUT2D eigenvalue weighted by atomic mass is 9.95. The maximum absolute atomic E-state index is 14.1. The second-order valence-electron chi connectivity index (χ2n) is 9.24. The number of carbonyl (C=O) groups excluding carboxylic acids is 1. The lowest BCUT2D eigenvalue weighted by Gasteiger charge is -2.31. The van der Waals surface area contributed by atoms with Crippen molar-refractivity contribution in [2.45, 2.75) is 45.2 Å². The van der Waals surface area contributed by atoms with Gasteiger partial charge in [-0.15, -0.1) is 11.3 Å². The largest absolute Gasteiger partial charge is 0.492 e. The van der Waals surface area contributed by atoms with Gasteiger partial charge in [0.2, 0.25) is 0 Å². The molecule has 0 saturated carbocycles. The Kier molecular flexibility index (Phi) is 6.23. The van der Waals surface area contributed by atoms with Gasteiger partial charge in [0.1, 0.15) is 10.8 Å². The first-order valence-corrected chi connectivity index (χ1v) is 13.7. The lowest BCUT2D eigenvalue weighted by Crippen LogP contribution is -2.38. The Morgan fingerprint density at radius 2 is 1.86 bits per heavy atom. The van der Waals surface area contributed by atoms with E-state index in [1.165, 1.54) is 33.8 Å². The number of urea groups is 1. The van der Waals surface area contributed by atoms with Crippen molar-refractivity contribution in [3.8, 4) is 10.8 Å². The van der Waals surface area contributed by atoms with Crippen LogP contribution in [-0.2, 0) is 19.4 Å². The summed E-state index contributed by atoms with van der Waals surface area (Å²) in [5.41, 5.74) is 5.48. The number of hydrogen-bond donors (Lipinski definition) is 1. The van der Waals surface area contributed by atoms with Gasteiger partial charge in [-0.25, -0.2) is 4.79 Å². The predicted molar refractivity (Wildman–Crippen MR) is 146 cm³/mol. The van der Waals surface area contributed by atoms with E-state index in [-0.39, 0.29) is 12.1 Å². The molecule has 2 amide bonds. The fourth-order valence-corrected chi connectivity index (χ4v) is 6.95. The Hall–Kier alpha value is -3.22. The quantitative estimate of drug-likeness (QED) is 0.303. The molecule has 36 heavy (non-hydrogen) atoms. The van der Waals surface area contributed by atoms with Crippen molar-refractivity contribution in [3.05, 3.63) is 99.1 Å². The number of carbonyl (C=O) groups is 1. The number of hydrogen-bond acceptors (Lipinski definition) is 3. The number of rotatable bonds is 4. The summed E-state index contributed by atoms with van der Waals surface area (Å²) in [6, 6.07) is 19.2. The number of fused-ring (bicyclic) bond motifs is 5. The van der Waals surface area contributed by atoms with Crippen LogP contribution in [0.3, 0.4) is 0 Å². The number of aromatic nitrogens is 1. The van der Waals surface area contributed by atoms with Crippen LogP contribution in [0.15, 0.2) is 66.9 Å². The molecule has 184 valence electrons. The van der Waals surface area contributed by atoms with Crippen molar-refractivity contribution in [2.75, 3.05) is 11.9 Å². The number of anilines is 1. The first-order chi connectivity index (χ1) is 17.6. The summed E-state index contributed by atoms with van der Waals surface area (Å²) in [5, 5.41) is 5.08. The number of amides is 2. The van der Waals surface area contributed by atoms with Crippen LogP contribution in [-0.4, -0.2) is 22.1 Å². The summed E-state index contributed by atoms with van der Waals surface area (Å²) in [7, 11) is 0. The molecule has 4 aromatic rings. The standard InChI is InChI=1S/C29H28ClN3O2S/c1-2-35-25-11-5-4-9-23(25)31-29(34)33-18-22-21-8-3-6-12-26(21)36-28(22)32-17-7-10-24(32)27(33)19-13-15-20(30)16-14-19/h4-5,7,9-11,13-17,27H,2-3,6,8,12,18H2,1H3,(H,31,34). The summed E-state index contributed by atoms with van der Waals surface area (Å²) in [6.07, 6.45) is 6.76. The Bertz CT molecular complexity index is 1410. The van der Waals surface area contributed by atoms with E-state index in [1.54, 1.807) is 0 Å². The number of thiophene rings is 1. The molecular formula is C29H28ClN3O2S.